The number of carboxylic acids is 1. The van der Waals surface area contributed by atoms with E-state index in [1.807, 2.05) is 0 Å². The van der Waals surface area contributed by atoms with Crippen molar-refractivity contribution in [3.05, 3.63) is 0 Å². The van der Waals surface area contributed by atoms with E-state index in [0.717, 1.165) is 36.2 Å². The van der Waals surface area contributed by atoms with E-state index in [1.165, 1.54) is 64.2 Å². The van der Waals surface area contributed by atoms with Crippen LogP contribution in [0.15, 0.2) is 0 Å². The van der Waals surface area contributed by atoms with Gasteiger partial charge < -0.3 is 10.4 Å². The first-order valence-electron chi connectivity index (χ1n) is 12.5. The van der Waals surface area contributed by atoms with Crippen LogP contribution in [0.4, 0.5) is 0 Å². The number of hydrogen-bond acceptors (Lipinski definition) is 5. The number of nitrogens with one attached hydrogen (secondary N) is 1. The lowest BCUT2D eigenvalue weighted by Crippen LogP contribution is -2.45. The fraction of sp³-hybridized carbons (Fsp3) is 0.875. The molecule has 0 bridgehead atoms. The fourth-order valence-electron chi connectivity index (χ4n) is 6.01. The summed E-state index contributed by atoms with van der Waals surface area (Å²) in [5.74, 6) is -1.91. The maximum Gasteiger partial charge on any atom is 0.327 e. The van der Waals surface area contributed by atoms with Crippen molar-refractivity contribution in [1.29, 1.82) is 0 Å². The van der Waals surface area contributed by atoms with Gasteiger partial charge in [-0.1, -0.05) is 51.4 Å². The number of nitrogens with zero attached hydrogens (tertiary/aromatic N) is 1. The maximum atomic E-state index is 12.2. The Morgan fingerprint density at radius 1 is 0.871 bits per heavy atom. The van der Waals surface area contributed by atoms with Gasteiger partial charge in [0.2, 0.25) is 11.8 Å². The molecule has 3 aliphatic carbocycles. The second-order valence-corrected chi connectivity index (χ2v) is 10.2. The Labute approximate surface area is 192 Å². The Balaban J connectivity index is 0.000000185. The van der Waals surface area contributed by atoms with Crippen molar-refractivity contribution >= 4 is 30.4 Å². The summed E-state index contributed by atoms with van der Waals surface area (Å²) in [6, 6.07) is 0.781. The van der Waals surface area contributed by atoms with Gasteiger partial charge in [-0.3, -0.25) is 14.5 Å². The summed E-state index contributed by atoms with van der Waals surface area (Å²) in [4.78, 5) is 36.4. The second kappa shape index (κ2) is 12.2. The maximum absolute atomic E-state index is 12.2. The molecule has 2 amide bonds. The van der Waals surface area contributed by atoms with Gasteiger partial charge in [0.1, 0.15) is 6.04 Å². The lowest BCUT2D eigenvalue weighted by atomic mass is 9.78. The van der Waals surface area contributed by atoms with Crippen LogP contribution >= 0.6 is 12.6 Å². The van der Waals surface area contributed by atoms with E-state index in [2.05, 4.69) is 17.9 Å². The summed E-state index contributed by atoms with van der Waals surface area (Å²) < 4.78 is 0. The molecule has 1 saturated heterocycles. The number of likely N-dealkylation sites (tertiary alicyclic amines) is 1. The Morgan fingerprint density at radius 3 is 1.90 bits per heavy atom. The zero-order valence-electron chi connectivity index (χ0n) is 18.8. The van der Waals surface area contributed by atoms with E-state index in [4.69, 9.17) is 0 Å². The lowest BCUT2D eigenvalue weighted by molar-refractivity contribution is -0.154. The minimum Gasteiger partial charge on any atom is -0.480 e. The molecule has 0 aromatic carbocycles. The van der Waals surface area contributed by atoms with Crippen LogP contribution in [-0.2, 0) is 14.4 Å². The molecule has 0 aromatic heterocycles. The topological polar surface area (TPSA) is 86.7 Å². The first-order chi connectivity index (χ1) is 15.0. The van der Waals surface area contributed by atoms with Gasteiger partial charge >= 0.3 is 5.97 Å². The summed E-state index contributed by atoms with van der Waals surface area (Å²) in [6.07, 6.45) is 18.0. The minimum absolute atomic E-state index is 0.109. The molecular formula is C24H40N2O4S. The van der Waals surface area contributed by atoms with Crippen molar-refractivity contribution in [2.75, 3.05) is 5.75 Å². The zero-order chi connectivity index (χ0) is 22.2. The molecular weight excluding hydrogens is 412 g/mol. The number of imide groups is 1. The number of fused-ring (bicyclic) bond motifs is 1. The van der Waals surface area contributed by atoms with Gasteiger partial charge in [-0.15, -0.1) is 0 Å². The predicted molar refractivity (Wildman–Crippen MR) is 124 cm³/mol. The molecule has 0 radical (unpaired) electrons. The summed E-state index contributed by atoms with van der Waals surface area (Å²) in [5.41, 5.74) is 0. The monoisotopic (exact) mass is 452 g/mol. The molecule has 4 rings (SSSR count). The Morgan fingerprint density at radius 2 is 1.39 bits per heavy atom. The molecule has 0 aromatic rings. The molecule has 0 spiro atoms. The van der Waals surface area contributed by atoms with Crippen molar-refractivity contribution in [3.8, 4) is 0 Å². The molecule has 3 atom stereocenters. The van der Waals surface area contributed by atoms with Crippen LogP contribution in [-0.4, -0.2) is 51.7 Å². The Hall–Kier alpha value is -1.08. The third-order valence-electron chi connectivity index (χ3n) is 7.59. The molecule has 31 heavy (non-hydrogen) atoms. The van der Waals surface area contributed by atoms with Gasteiger partial charge in [0.05, 0.1) is 0 Å². The normalized spacial score (nSPS) is 29.8. The van der Waals surface area contributed by atoms with Crippen molar-refractivity contribution in [1.82, 2.24) is 10.2 Å². The second-order valence-electron chi connectivity index (χ2n) is 9.75. The van der Waals surface area contributed by atoms with E-state index in [-0.39, 0.29) is 24.2 Å². The molecule has 176 valence electrons. The number of thiol groups is 1. The van der Waals surface area contributed by atoms with Crippen molar-refractivity contribution < 1.29 is 19.5 Å². The van der Waals surface area contributed by atoms with E-state index < -0.39 is 17.9 Å². The molecule has 1 heterocycles. The number of carboxylic acid groups (broad SMARTS) is 1. The standard InChI is InChI=1S/C12H17NO4S.C12H23N/c14-9(5-6-18)13-10(12(16)17)7-3-1-2-4-8(7)11(13)15;1-3-7-11(8-4-1)13-12-9-5-2-6-10-12/h7-8,10,18H,1-6H2,(H,16,17);11-13H,1-10H2. The number of amides is 2. The zero-order valence-corrected chi connectivity index (χ0v) is 19.7. The summed E-state index contributed by atoms with van der Waals surface area (Å²) in [7, 11) is 0. The van der Waals surface area contributed by atoms with E-state index in [1.54, 1.807) is 0 Å². The number of rotatable bonds is 5. The quantitative estimate of drug-likeness (QED) is 0.545. The van der Waals surface area contributed by atoms with Crippen LogP contribution in [0.1, 0.15) is 96.3 Å². The van der Waals surface area contributed by atoms with E-state index >= 15 is 0 Å². The minimum atomic E-state index is -1.06. The highest BCUT2D eigenvalue weighted by Gasteiger charge is 2.53. The van der Waals surface area contributed by atoms with Crippen LogP contribution in [0.3, 0.4) is 0 Å². The number of carbonyl (C=O) groups is 3. The molecule has 4 fully saturated rings. The highest BCUT2D eigenvalue weighted by molar-refractivity contribution is 7.80. The average molecular weight is 453 g/mol. The smallest absolute Gasteiger partial charge is 0.327 e. The number of aliphatic carboxylic acids is 1. The van der Waals surface area contributed by atoms with Gasteiger partial charge in [-0.05, 0) is 44.3 Å². The molecule has 6 nitrogen and oxygen atoms in total. The largest absolute Gasteiger partial charge is 0.480 e. The van der Waals surface area contributed by atoms with Crippen LogP contribution < -0.4 is 5.32 Å². The predicted octanol–water partition coefficient (Wildman–Crippen LogP) is 4.18. The van der Waals surface area contributed by atoms with Gasteiger partial charge in [0.25, 0.3) is 0 Å². The third-order valence-corrected chi connectivity index (χ3v) is 7.81. The Kier molecular flexibility index (Phi) is 9.70. The van der Waals surface area contributed by atoms with Crippen molar-refractivity contribution in [2.24, 2.45) is 11.8 Å². The fourth-order valence-corrected chi connectivity index (χ4v) is 6.20. The molecule has 2 N–H and O–H groups in total. The summed E-state index contributed by atoms with van der Waals surface area (Å²) in [5, 5.41) is 13.2. The van der Waals surface area contributed by atoms with Gasteiger partial charge in [0.15, 0.2) is 0 Å². The summed E-state index contributed by atoms with van der Waals surface area (Å²) >= 11 is 3.96. The van der Waals surface area contributed by atoms with Gasteiger partial charge in [-0.25, -0.2) is 4.79 Å². The third kappa shape index (κ3) is 6.47. The van der Waals surface area contributed by atoms with Crippen LogP contribution in [0, 0.1) is 11.8 Å². The van der Waals surface area contributed by atoms with Gasteiger partial charge in [0, 0.05) is 30.3 Å². The van der Waals surface area contributed by atoms with Crippen molar-refractivity contribution in [2.45, 2.75) is 114 Å². The van der Waals surface area contributed by atoms with Crippen LogP contribution in [0.25, 0.3) is 0 Å². The highest BCUT2D eigenvalue weighted by atomic mass is 32.1. The SMILES string of the molecule is C1CCC(NC2CCCCC2)CC1.O=C(O)C1C2CCCCC2C(=O)N1C(=O)CCS. The van der Waals surface area contributed by atoms with Crippen LogP contribution in [0.2, 0.25) is 0 Å². The molecule has 4 aliphatic rings. The van der Waals surface area contributed by atoms with Crippen molar-refractivity contribution in [3.63, 3.8) is 0 Å². The number of carbonyl (C=O) groups excluding carboxylic acids is 2. The van der Waals surface area contributed by atoms with Crippen LogP contribution in [0.5, 0.6) is 0 Å². The van der Waals surface area contributed by atoms with E-state index in [0.29, 0.717) is 12.2 Å². The first-order valence-corrected chi connectivity index (χ1v) is 13.1. The Bertz CT molecular complexity index is 601. The lowest BCUT2D eigenvalue weighted by Gasteiger charge is -2.30. The molecule has 7 heteroatoms. The molecule has 3 unspecified atom stereocenters. The molecule has 3 saturated carbocycles. The molecule has 1 aliphatic heterocycles. The van der Waals surface area contributed by atoms with E-state index in [9.17, 15) is 19.5 Å². The summed E-state index contributed by atoms with van der Waals surface area (Å²) in [6.45, 7) is 0. The average Bonchev–Trinajstić information content (AvgIpc) is 3.09. The number of hydrogen-bond donors (Lipinski definition) is 3. The van der Waals surface area contributed by atoms with Gasteiger partial charge in [-0.2, -0.15) is 12.6 Å². The highest BCUT2D eigenvalue weighted by Crippen LogP contribution is 2.41. The first kappa shape index (κ1) is 24.6.